The lowest BCUT2D eigenvalue weighted by Crippen LogP contribution is -2.27. The van der Waals surface area contributed by atoms with E-state index in [2.05, 4.69) is 5.10 Å². The normalized spacial score (nSPS) is 16.1. The average molecular weight is 216 g/mol. The van der Waals surface area contributed by atoms with Crippen LogP contribution in [0.2, 0.25) is 0 Å². The zero-order valence-corrected chi connectivity index (χ0v) is 7.91. The second kappa shape index (κ2) is 3.29. The number of carbonyl (C=O) groups is 1. The van der Waals surface area contributed by atoms with E-state index in [-0.39, 0.29) is 0 Å². The van der Waals surface area contributed by atoms with Crippen LogP contribution in [0.1, 0.15) is 24.1 Å². The van der Waals surface area contributed by atoms with Crippen molar-refractivity contribution in [1.29, 1.82) is 0 Å². The van der Waals surface area contributed by atoms with Gasteiger partial charge in [0.25, 0.3) is 0 Å². The van der Waals surface area contributed by atoms with Crippen molar-refractivity contribution < 1.29 is 18.7 Å². The van der Waals surface area contributed by atoms with Crippen LogP contribution in [-0.4, -0.2) is 20.9 Å². The van der Waals surface area contributed by atoms with Crippen molar-refractivity contribution in [1.82, 2.24) is 9.78 Å². The van der Waals surface area contributed by atoms with Gasteiger partial charge in [0.2, 0.25) is 0 Å². The minimum absolute atomic E-state index is 0.355. The third kappa shape index (κ3) is 1.49. The lowest BCUT2D eigenvalue weighted by atomic mass is 10.0. The quantitative estimate of drug-likeness (QED) is 0.812. The Bertz CT molecular complexity index is 401. The number of carboxylic acid groups (broad SMARTS) is 1. The molecule has 0 spiro atoms. The van der Waals surface area contributed by atoms with Crippen LogP contribution in [0.25, 0.3) is 0 Å². The van der Waals surface area contributed by atoms with Gasteiger partial charge in [0, 0.05) is 12.2 Å². The topological polar surface area (TPSA) is 55.1 Å². The number of hydrogen-bond donors (Lipinski definition) is 1. The van der Waals surface area contributed by atoms with E-state index in [1.54, 1.807) is 0 Å². The minimum Gasteiger partial charge on any atom is -0.477 e. The number of carboxylic acids is 1. The van der Waals surface area contributed by atoms with E-state index in [9.17, 15) is 13.6 Å². The second-order valence-corrected chi connectivity index (χ2v) is 3.56. The van der Waals surface area contributed by atoms with Crippen LogP contribution in [-0.2, 0) is 23.7 Å². The number of aromatic nitrogens is 2. The van der Waals surface area contributed by atoms with Gasteiger partial charge in [0.15, 0.2) is 0 Å². The average Bonchev–Trinajstić information content (AvgIpc) is 2.61. The summed E-state index contributed by atoms with van der Waals surface area (Å²) in [6.45, 7) is 0.588. The Balaban J connectivity index is 2.45. The molecule has 0 bridgehead atoms. The summed E-state index contributed by atoms with van der Waals surface area (Å²) in [5, 5.41) is 12.2. The molecule has 4 nitrogen and oxygen atoms in total. The van der Waals surface area contributed by atoms with Gasteiger partial charge in [-0.2, -0.15) is 13.9 Å². The predicted octanol–water partition coefficient (Wildman–Crippen LogP) is 1.40. The van der Waals surface area contributed by atoms with Crippen LogP contribution in [0, 0.1) is 0 Å². The fraction of sp³-hybridized carbons (Fsp3) is 0.556. The zero-order valence-electron chi connectivity index (χ0n) is 7.91. The van der Waals surface area contributed by atoms with Crippen LogP contribution >= 0.6 is 0 Å². The van der Waals surface area contributed by atoms with Gasteiger partial charge in [-0.15, -0.1) is 0 Å². The Morgan fingerprint density at radius 3 is 2.93 bits per heavy atom. The molecule has 2 heterocycles. The van der Waals surface area contributed by atoms with Gasteiger partial charge in [-0.05, 0) is 19.3 Å². The van der Waals surface area contributed by atoms with E-state index in [1.807, 2.05) is 0 Å². The second-order valence-electron chi connectivity index (χ2n) is 3.56. The molecule has 0 saturated carbocycles. The highest BCUT2D eigenvalue weighted by molar-refractivity contribution is 5.77. The first-order valence-corrected chi connectivity index (χ1v) is 4.70. The summed E-state index contributed by atoms with van der Waals surface area (Å²) in [6.07, 6.45) is 3.13. The fourth-order valence-electron chi connectivity index (χ4n) is 1.80. The highest BCUT2D eigenvalue weighted by Gasteiger charge is 2.44. The summed E-state index contributed by atoms with van der Waals surface area (Å²) in [7, 11) is 0. The maximum Gasteiger partial charge on any atom is 0.379 e. The fourth-order valence-corrected chi connectivity index (χ4v) is 1.80. The van der Waals surface area contributed by atoms with E-state index in [0.29, 0.717) is 18.7 Å². The van der Waals surface area contributed by atoms with Crippen LogP contribution in [0.5, 0.6) is 0 Å². The lowest BCUT2D eigenvalue weighted by Gasteiger charge is -2.17. The number of hydrogen-bond acceptors (Lipinski definition) is 2. The number of alkyl halides is 2. The largest absolute Gasteiger partial charge is 0.477 e. The van der Waals surface area contributed by atoms with Crippen molar-refractivity contribution in [2.75, 3.05) is 0 Å². The van der Waals surface area contributed by atoms with Gasteiger partial charge < -0.3 is 5.11 Å². The van der Waals surface area contributed by atoms with Gasteiger partial charge in [-0.3, -0.25) is 4.68 Å². The molecule has 0 aromatic carbocycles. The molecule has 1 aliphatic heterocycles. The molecule has 0 amide bonds. The van der Waals surface area contributed by atoms with Gasteiger partial charge >= 0.3 is 11.9 Å². The molecule has 0 atom stereocenters. The third-order valence-corrected chi connectivity index (χ3v) is 2.59. The van der Waals surface area contributed by atoms with Crippen LogP contribution in [0.4, 0.5) is 8.78 Å². The molecule has 6 heteroatoms. The Hall–Kier alpha value is -1.46. The van der Waals surface area contributed by atoms with Crippen molar-refractivity contribution in [3.05, 3.63) is 17.5 Å². The van der Waals surface area contributed by atoms with E-state index >= 15 is 0 Å². The molecule has 0 unspecified atom stereocenters. The van der Waals surface area contributed by atoms with E-state index in [4.69, 9.17) is 5.11 Å². The predicted molar refractivity (Wildman–Crippen MR) is 46.7 cm³/mol. The summed E-state index contributed by atoms with van der Waals surface area (Å²) in [5.74, 6) is -5.95. The molecule has 1 aliphatic rings. The van der Waals surface area contributed by atoms with Gasteiger partial charge in [0.05, 0.1) is 11.8 Å². The molecule has 1 aromatic heterocycles. The van der Waals surface area contributed by atoms with E-state index in [0.717, 1.165) is 19.0 Å². The first-order valence-electron chi connectivity index (χ1n) is 4.70. The smallest absolute Gasteiger partial charge is 0.379 e. The molecule has 82 valence electrons. The van der Waals surface area contributed by atoms with Gasteiger partial charge in [-0.1, -0.05) is 0 Å². The summed E-state index contributed by atoms with van der Waals surface area (Å²) < 4.78 is 28.0. The number of halogens is 2. The number of rotatable bonds is 2. The molecule has 0 aliphatic carbocycles. The molecular formula is C9H10F2N2O2. The first kappa shape index (κ1) is 10.1. The summed E-state index contributed by atoms with van der Waals surface area (Å²) in [4.78, 5) is 10.4. The number of fused-ring (bicyclic) bond motifs is 1. The number of nitrogens with zero attached hydrogens (tertiary/aromatic N) is 2. The van der Waals surface area contributed by atoms with Crippen molar-refractivity contribution in [3.63, 3.8) is 0 Å². The van der Waals surface area contributed by atoms with Crippen LogP contribution in [0.3, 0.4) is 0 Å². The summed E-state index contributed by atoms with van der Waals surface area (Å²) in [5.41, 5.74) is -0.108. The standard InChI is InChI=1S/C9H10F2N2O2/c10-9(11,8(14)15)6-5-12-13-4-2-1-3-7(6)13/h5H,1-4H2,(H,14,15). The molecule has 15 heavy (non-hydrogen) atoms. The van der Waals surface area contributed by atoms with Crippen molar-refractivity contribution in [2.24, 2.45) is 0 Å². The SMILES string of the molecule is O=C(O)C(F)(F)c1cnn2c1CCCC2. The first-order chi connectivity index (χ1) is 7.03. The van der Waals surface area contributed by atoms with Crippen molar-refractivity contribution in [3.8, 4) is 0 Å². The Morgan fingerprint density at radius 2 is 2.27 bits per heavy atom. The van der Waals surface area contributed by atoms with Crippen molar-refractivity contribution in [2.45, 2.75) is 31.7 Å². The Labute approximate surface area is 84.5 Å². The minimum atomic E-state index is -3.83. The van der Waals surface area contributed by atoms with Crippen LogP contribution in [0.15, 0.2) is 6.20 Å². The number of aryl methyl sites for hydroxylation is 1. The highest BCUT2D eigenvalue weighted by Crippen LogP contribution is 2.32. The Morgan fingerprint density at radius 1 is 1.53 bits per heavy atom. The van der Waals surface area contributed by atoms with Crippen molar-refractivity contribution >= 4 is 5.97 Å². The molecule has 0 fully saturated rings. The maximum absolute atomic E-state index is 13.2. The molecule has 0 radical (unpaired) electrons. The van der Waals surface area contributed by atoms with E-state index < -0.39 is 17.5 Å². The third-order valence-electron chi connectivity index (χ3n) is 2.59. The highest BCUT2D eigenvalue weighted by atomic mass is 19.3. The van der Waals surface area contributed by atoms with Gasteiger partial charge in [-0.25, -0.2) is 4.79 Å². The Kier molecular flexibility index (Phi) is 2.21. The molecular weight excluding hydrogens is 206 g/mol. The molecule has 1 N–H and O–H groups in total. The van der Waals surface area contributed by atoms with Crippen LogP contribution < -0.4 is 0 Å². The number of aliphatic carboxylic acids is 1. The molecule has 0 saturated heterocycles. The molecule has 2 rings (SSSR count). The lowest BCUT2D eigenvalue weighted by molar-refractivity contribution is -0.166. The maximum atomic E-state index is 13.2. The zero-order chi connectivity index (χ0) is 11.1. The summed E-state index contributed by atoms with van der Waals surface area (Å²) in [6, 6.07) is 0. The molecule has 1 aromatic rings. The van der Waals surface area contributed by atoms with E-state index in [1.165, 1.54) is 4.68 Å². The summed E-state index contributed by atoms with van der Waals surface area (Å²) >= 11 is 0. The van der Waals surface area contributed by atoms with Gasteiger partial charge in [0.1, 0.15) is 0 Å². The monoisotopic (exact) mass is 216 g/mol.